The average Bonchev–Trinajstić information content (AvgIpc) is 3.01. The molecule has 1 aromatic carbocycles. The Balaban J connectivity index is 1.00. The molecule has 1 amide bonds. The van der Waals surface area contributed by atoms with Gasteiger partial charge in [-0.05, 0) is 63.9 Å². The Morgan fingerprint density at radius 1 is 1.10 bits per heavy atom. The van der Waals surface area contributed by atoms with Gasteiger partial charge in [0, 0.05) is 86.3 Å². The van der Waals surface area contributed by atoms with E-state index < -0.39 is 36.5 Å². The van der Waals surface area contributed by atoms with Gasteiger partial charge < -0.3 is 19.3 Å². The number of alkyl halides is 3. The highest BCUT2D eigenvalue weighted by Crippen LogP contribution is 2.52. The normalized spacial score (nSPS) is 20.1. The fourth-order valence-corrected chi connectivity index (χ4v) is 7.80. The van der Waals surface area contributed by atoms with E-state index >= 15 is 0 Å². The van der Waals surface area contributed by atoms with E-state index in [0.717, 1.165) is 75.9 Å². The summed E-state index contributed by atoms with van der Waals surface area (Å²) in [5, 5.41) is 0. The van der Waals surface area contributed by atoms with Gasteiger partial charge in [0.05, 0.1) is 11.8 Å². The van der Waals surface area contributed by atoms with Gasteiger partial charge in [0.1, 0.15) is 29.7 Å². The molecule has 2 aliphatic carbocycles. The minimum atomic E-state index is -2.80. The highest BCUT2D eigenvalue weighted by Gasteiger charge is 2.54. The minimum Gasteiger partial charge on any atom is -0.490 e. The number of halogens is 4. The zero-order chi connectivity index (χ0) is 33.6. The second-order valence-corrected chi connectivity index (χ2v) is 14.4. The first-order chi connectivity index (χ1) is 23.0. The Bertz CT molecular complexity index is 1660. The standard InChI is InChI=1S/C35H40ClF3N6O3/c1-22(2)45(24-13-35(38,39)14-24)33(46)26-12-23(37)4-5-29(26)48-31-17-40-21-42-32(31)44-19-34(20-44)15-25(16-34)47-30-6-9-41-28-7-11-43(10-3-8-36)18-27(28)30/h4-6,9,12,17,21-22,24-25H,3,7-8,10-11,13-16,18-20H2,1-2H3. The van der Waals surface area contributed by atoms with E-state index in [9.17, 15) is 18.0 Å². The lowest BCUT2D eigenvalue weighted by molar-refractivity contribution is -0.120. The van der Waals surface area contributed by atoms with Crippen molar-refractivity contribution in [2.24, 2.45) is 5.41 Å². The summed E-state index contributed by atoms with van der Waals surface area (Å²) < 4.78 is 54.6. The number of nitrogens with zero attached hydrogens (tertiary/aromatic N) is 6. The maximum atomic E-state index is 14.4. The van der Waals surface area contributed by atoms with Crippen molar-refractivity contribution in [2.75, 3.05) is 37.0 Å². The first kappa shape index (κ1) is 32.9. The van der Waals surface area contributed by atoms with Crippen molar-refractivity contribution in [1.82, 2.24) is 24.8 Å². The molecule has 3 aromatic rings. The maximum absolute atomic E-state index is 14.4. The number of hydrogen-bond donors (Lipinski definition) is 0. The largest absolute Gasteiger partial charge is 0.490 e. The Labute approximate surface area is 283 Å². The molecule has 4 heterocycles. The number of benzene rings is 1. The van der Waals surface area contributed by atoms with E-state index in [0.29, 0.717) is 17.4 Å². The van der Waals surface area contributed by atoms with Crippen LogP contribution in [-0.2, 0) is 13.0 Å². The van der Waals surface area contributed by atoms with Gasteiger partial charge in [0.15, 0.2) is 11.6 Å². The van der Waals surface area contributed by atoms with Gasteiger partial charge in [-0.25, -0.2) is 23.1 Å². The third-order valence-electron chi connectivity index (χ3n) is 10.0. The van der Waals surface area contributed by atoms with E-state index in [1.54, 1.807) is 13.8 Å². The summed E-state index contributed by atoms with van der Waals surface area (Å²) in [5.74, 6) is -1.40. The Kier molecular flexibility index (Phi) is 8.91. The van der Waals surface area contributed by atoms with Gasteiger partial charge in [-0.1, -0.05) is 0 Å². The number of fused-ring (bicyclic) bond motifs is 1. The van der Waals surface area contributed by atoms with Crippen LogP contribution in [0.4, 0.5) is 19.0 Å². The van der Waals surface area contributed by atoms with Crippen LogP contribution in [0.1, 0.15) is 67.6 Å². The molecule has 9 nitrogen and oxygen atoms in total. The number of aromatic nitrogens is 3. The Morgan fingerprint density at radius 2 is 1.90 bits per heavy atom. The number of anilines is 1. The van der Waals surface area contributed by atoms with Crippen molar-refractivity contribution in [3.63, 3.8) is 0 Å². The molecule has 1 spiro atoms. The molecule has 0 unspecified atom stereocenters. The van der Waals surface area contributed by atoms with E-state index in [2.05, 4.69) is 24.8 Å². The van der Waals surface area contributed by atoms with Crippen LogP contribution in [0.25, 0.3) is 0 Å². The Hall–Kier alpha value is -3.64. The van der Waals surface area contributed by atoms with Gasteiger partial charge in [-0.3, -0.25) is 14.7 Å². The van der Waals surface area contributed by atoms with Crippen LogP contribution in [-0.4, -0.2) is 86.8 Å². The van der Waals surface area contributed by atoms with Gasteiger partial charge >= 0.3 is 0 Å². The van der Waals surface area contributed by atoms with E-state index in [-0.39, 0.29) is 28.9 Å². The smallest absolute Gasteiger partial charge is 0.258 e. The fraction of sp³-hybridized carbons (Fsp3) is 0.543. The SMILES string of the molecule is CC(C)N(C(=O)c1cc(F)ccc1Oc1cncnc1N1CC2(CC(Oc3ccnc4c3CN(CCCCl)CC4)C2)C1)C1CC(F)(F)C1. The molecule has 0 N–H and O–H groups in total. The predicted molar refractivity (Wildman–Crippen MR) is 175 cm³/mol. The number of pyridine rings is 1. The first-order valence-corrected chi connectivity index (χ1v) is 17.2. The summed E-state index contributed by atoms with van der Waals surface area (Å²) >= 11 is 5.93. The monoisotopic (exact) mass is 684 g/mol. The van der Waals surface area contributed by atoms with Gasteiger partial charge in [-0.15, -0.1) is 11.6 Å². The quantitative estimate of drug-likeness (QED) is 0.212. The molecule has 256 valence electrons. The maximum Gasteiger partial charge on any atom is 0.258 e. The molecule has 2 aromatic heterocycles. The molecule has 0 atom stereocenters. The van der Waals surface area contributed by atoms with Crippen LogP contribution in [0.5, 0.6) is 17.2 Å². The number of carbonyl (C=O) groups excluding carboxylic acids is 1. The zero-order valence-electron chi connectivity index (χ0n) is 27.2. The van der Waals surface area contributed by atoms with Crippen LogP contribution in [0, 0.1) is 11.2 Å². The van der Waals surface area contributed by atoms with Crippen LogP contribution in [0.3, 0.4) is 0 Å². The topological polar surface area (TPSA) is 83.9 Å². The summed E-state index contributed by atoms with van der Waals surface area (Å²) in [7, 11) is 0. The highest BCUT2D eigenvalue weighted by atomic mass is 35.5. The van der Waals surface area contributed by atoms with Crippen LogP contribution in [0.15, 0.2) is 43.0 Å². The first-order valence-electron chi connectivity index (χ1n) is 16.7. The molecule has 48 heavy (non-hydrogen) atoms. The molecule has 13 heteroatoms. The number of carbonyl (C=O) groups is 1. The van der Waals surface area contributed by atoms with Crippen LogP contribution >= 0.6 is 11.6 Å². The molecular weight excluding hydrogens is 645 g/mol. The molecule has 3 fully saturated rings. The summed E-state index contributed by atoms with van der Waals surface area (Å²) in [6.45, 7) is 7.80. The third kappa shape index (κ3) is 6.53. The predicted octanol–water partition coefficient (Wildman–Crippen LogP) is 6.49. The van der Waals surface area contributed by atoms with Crippen molar-refractivity contribution >= 4 is 23.3 Å². The number of amides is 1. The van der Waals surface area contributed by atoms with Gasteiger partial charge in [-0.2, -0.15) is 0 Å². The molecule has 0 bridgehead atoms. The van der Waals surface area contributed by atoms with Crippen molar-refractivity contribution in [1.29, 1.82) is 0 Å². The third-order valence-corrected chi connectivity index (χ3v) is 10.3. The molecule has 2 saturated carbocycles. The summed E-state index contributed by atoms with van der Waals surface area (Å²) in [6.07, 6.45) is 7.78. The molecular formula is C35H40ClF3N6O3. The number of rotatable bonds is 11. The second-order valence-electron chi connectivity index (χ2n) is 14.0. The van der Waals surface area contributed by atoms with E-state index in [1.807, 2.05) is 12.3 Å². The number of ether oxygens (including phenoxy) is 2. The summed E-state index contributed by atoms with van der Waals surface area (Å²) in [5.41, 5.74) is 2.36. The van der Waals surface area contributed by atoms with Crippen molar-refractivity contribution in [3.8, 4) is 17.2 Å². The minimum absolute atomic E-state index is 0.0340. The average molecular weight is 685 g/mol. The number of hydrogen-bond acceptors (Lipinski definition) is 8. The summed E-state index contributed by atoms with van der Waals surface area (Å²) in [6, 6.07) is 4.66. The molecule has 2 aliphatic heterocycles. The van der Waals surface area contributed by atoms with E-state index in [1.165, 1.54) is 35.1 Å². The summed E-state index contributed by atoms with van der Waals surface area (Å²) in [4.78, 5) is 32.8. The van der Waals surface area contributed by atoms with Gasteiger partial charge in [0.2, 0.25) is 0 Å². The van der Waals surface area contributed by atoms with Crippen molar-refractivity contribution in [3.05, 3.63) is 65.6 Å². The lowest BCUT2D eigenvalue weighted by atomic mass is 9.61. The van der Waals surface area contributed by atoms with Crippen LogP contribution in [0.2, 0.25) is 0 Å². The Morgan fingerprint density at radius 3 is 2.62 bits per heavy atom. The molecule has 1 saturated heterocycles. The molecule has 7 rings (SSSR count). The van der Waals surface area contributed by atoms with Crippen molar-refractivity contribution in [2.45, 2.75) is 83.0 Å². The lowest BCUT2D eigenvalue weighted by Gasteiger charge is -2.59. The van der Waals surface area contributed by atoms with Crippen LogP contribution < -0.4 is 14.4 Å². The van der Waals surface area contributed by atoms with E-state index in [4.69, 9.17) is 21.1 Å². The lowest BCUT2D eigenvalue weighted by Crippen LogP contribution is -2.65. The highest BCUT2D eigenvalue weighted by molar-refractivity contribution is 6.17. The zero-order valence-corrected chi connectivity index (χ0v) is 27.9. The molecule has 4 aliphatic rings. The fourth-order valence-electron chi connectivity index (χ4n) is 7.68. The van der Waals surface area contributed by atoms with Gasteiger partial charge in [0.25, 0.3) is 11.8 Å². The second kappa shape index (κ2) is 13.0. The van der Waals surface area contributed by atoms with Crippen molar-refractivity contribution < 1.29 is 27.4 Å². The molecule has 0 radical (unpaired) electrons.